The van der Waals surface area contributed by atoms with Gasteiger partial charge in [0.25, 0.3) is 10.2 Å². The predicted molar refractivity (Wildman–Crippen MR) is 68.1 cm³/mol. The summed E-state index contributed by atoms with van der Waals surface area (Å²) in [6, 6.07) is 0. The van der Waals surface area contributed by atoms with E-state index >= 15 is 0 Å². The maximum Gasteiger partial charge on any atom is 0.278 e. The van der Waals surface area contributed by atoms with Gasteiger partial charge < -0.3 is 5.32 Å². The van der Waals surface area contributed by atoms with Gasteiger partial charge in [-0.3, -0.25) is 0 Å². The third kappa shape index (κ3) is 5.45. The van der Waals surface area contributed by atoms with Crippen molar-refractivity contribution < 1.29 is 8.42 Å². The lowest BCUT2D eigenvalue weighted by molar-refractivity contribution is 0.357. The van der Waals surface area contributed by atoms with Gasteiger partial charge in [-0.1, -0.05) is 0 Å². The quantitative estimate of drug-likeness (QED) is 0.751. The Morgan fingerprint density at radius 3 is 2.62 bits per heavy atom. The van der Waals surface area contributed by atoms with Crippen molar-refractivity contribution in [2.45, 2.75) is 19.3 Å². The number of nitrogens with zero attached hydrogens (tertiary/aromatic N) is 1. The Balaban J connectivity index is 0.00000225. The fraction of sp³-hybridized carbons (Fsp3) is 1.00. The Morgan fingerprint density at radius 1 is 1.44 bits per heavy atom. The van der Waals surface area contributed by atoms with E-state index in [-0.39, 0.29) is 12.4 Å². The minimum absolute atomic E-state index is 0. The van der Waals surface area contributed by atoms with E-state index in [2.05, 4.69) is 10.0 Å². The van der Waals surface area contributed by atoms with Crippen LogP contribution in [0.15, 0.2) is 0 Å². The van der Waals surface area contributed by atoms with Gasteiger partial charge >= 0.3 is 0 Å². The Morgan fingerprint density at radius 2 is 2.12 bits per heavy atom. The highest BCUT2D eigenvalue weighted by molar-refractivity contribution is 7.87. The molecule has 1 fully saturated rings. The smallest absolute Gasteiger partial charge is 0.278 e. The molecule has 7 heteroatoms. The van der Waals surface area contributed by atoms with E-state index in [1.165, 1.54) is 31.2 Å². The van der Waals surface area contributed by atoms with Crippen LogP contribution in [-0.4, -0.2) is 46.5 Å². The van der Waals surface area contributed by atoms with Crippen molar-refractivity contribution in [3.05, 3.63) is 0 Å². The molecule has 0 aromatic rings. The molecule has 1 aliphatic rings. The van der Waals surface area contributed by atoms with E-state index in [0.717, 1.165) is 19.5 Å². The topological polar surface area (TPSA) is 61.4 Å². The fourth-order valence-electron chi connectivity index (χ4n) is 1.69. The summed E-state index contributed by atoms with van der Waals surface area (Å²) in [6.07, 6.45) is 3.32. The summed E-state index contributed by atoms with van der Waals surface area (Å²) < 4.78 is 26.5. The zero-order valence-electron chi connectivity index (χ0n) is 9.90. The van der Waals surface area contributed by atoms with Gasteiger partial charge in [-0.05, 0) is 38.3 Å². The van der Waals surface area contributed by atoms with Crippen LogP contribution in [0.2, 0.25) is 0 Å². The molecular weight excluding hydrogens is 250 g/mol. The second kappa shape index (κ2) is 7.45. The molecule has 0 saturated carbocycles. The van der Waals surface area contributed by atoms with Crippen LogP contribution in [0.5, 0.6) is 0 Å². The molecule has 1 unspecified atom stereocenters. The third-order valence-corrected chi connectivity index (χ3v) is 4.25. The summed E-state index contributed by atoms with van der Waals surface area (Å²) in [5.74, 6) is 0.614. The largest absolute Gasteiger partial charge is 0.316 e. The van der Waals surface area contributed by atoms with Crippen LogP contribution in [0, 0.1) is 5.92 Å². The first-order chi connectivity index (χ1) is 7.02. The van der Waals surface area contributed by atoms with E-state index in [4.69, 9.17) is 0 Å². The van der Waals surface area contributed by atoms with Crippen molar-refractivity contribution in [3.8, 4) is 0 Å². The lowest BCUT2D eigenvalue weighted by atomic mass is 9.96. The predicted octanol–water partition coefficient (Wildman–Crippen LogP) is 0.194. The molecule has 5 nitrogen and oxygen atoms in total. The lowest BCUT2D eigenvalue weighted by Crippen LogP contribution is -2.38. The van der Waals surface area contributed by atoms with Gasteiger partial charge in [0.05, 0.1) is 0 Å². The van der Waals surface area contributed by atoms with Gasteiger partial charge in [0.15, 0.2) is 0 Å². The van der Waals surface area contributed by atoms with E-state index < -0.39 is 10.2 Å². The molecule has 0 radical (unpaired) electrons. The molecule has 16 heavy (non-hydrogen) atoms. The van der Waals surface area contributed by atoms with Crippen molar-refractivity contribution in [1.82, 2.24) is 14.3 Å². The SMILES string of the molecule is CN(C)S(=O)(=O)NCCC1CCCNC1.Cl. The highest BCUT2D eigenvalue weighted by Crippen LogP contribution is 2.12. The minimum atomic E-state index is -3.24. The van der Waals surface area contributed by atoms with Gasteiger partial charge in [0.1, 0.15) is 0 Å². The Hall–Kier alpha value is 0.120. The summed E-state index contributed by atoms with van der Waals surface area (Å²) in [4.78, 5) is 0. The van der Waals surface area contributed by atoms with Crippen LogP contribution in [0.25, 0.3) is 0 Å². The first kappa shape index (κ1) is 16.1. The van der Waals surface area contributed by atoms with Crippen molar-refractivity contribution >= 4 is 22.6 Å². The zero-order valence-corrected chi connectivity index (χ0v) is 11.5. The number of piperidine rings is 1. The number of rotatable bonds is 5. The molecule has 0 bridgehead atoms. The monoisotopic (exact) mass is 271 g/mol. The minimum Gasteiger partial charge on any atom is -0.316 e. The first-order valence-corrected chi connectivity index (χ1v) is 6.84. The molecule has 0 aromatic heterocycles. The highest BCUT2D eigenvalue weighted by atomic mass is 35.5. The standard InChI is InChI=1S/C9H21N3O2S.ClH/c1-12(2)15(13,14)11-7-5-9-4-3-6-10-8-9;/h9-11H,3-8H2,1-2H3;1H. The molecule has 1 heterocycles. The van der Waals surface area contributed by atoms with Crippen LogP contribution >= 0.6 is 12.4 Å². The molecule has 1 atom stereocenters. The maximum absolute atomic E-state index is 11.4. The second-order valence-corrected chi connectivity index (χ2v) is 6.15. The normalized spacial score (nSPS) is 21.8. The van der Waals surface area contributed by atoms with Gasteiger partial charge in [0.2, 0.25) is 0 Å². The fourth-order valence-corrected chi connectivity index (χ4v) is 2.33. The molecular formula is C9H22ClN3O2S. The lowest BCUT2D eigenvalue weighted by Gasteiger charge is -2.23. The summed E-state index contributed by atoms with van der Waals surface area (Å²) >= 11 is 0. The molecule has 0 aromatic carbocycles. The van der Waals surface area contributed by atoms with Crippen LogP contribution in [0.1, 0.15) is 19.3 Å². The van der Waals surface area contributed by atoms with Crippen LogP contribution in [-0.2, 0) is 10.2 Å². The average molecular weight is 272 g/mol. The van der Waals surface area contributed by atoms with Crippen molar-refractivity contribution in [1.29, 1.82) is 0 Å². The Bertz CT molecular complexity index is 276. The number of hydrogen-bond acceptors (Lipinski definition) is 3. The van der Waals surface area contributed by atoms with Gasteiger partial charge in [-0.2, -0.15) is 12.7 Å². The Labute approximate surface area is 105 Å². The third-order valence-electron chi connectivity index (χ3n) is 2.72. The van der Waals surface area contributed by atoms with Crippen LogP contribution in [0.4, 0.5) is 0 Å². The average Bonchev–Trinajstić information content (AvgIpc) is 2.19. The van der Waals surface area contributed by atoms with Gasteiger partial charge in [-0.15, -0.1) is 12.4 Å². The van der Waals surface area contributed by atoms with Crippen molar-refractivity contribution in [3.63, 3.8) is 0 Å². The van der Waals surface area contributed by atoms with Crippen molar-refractivity contribution in [2.75, 3.05) is 33.7 Å². The first-order valence-electron chi connectivity index (χ1n) is 5.40. The summed E-state index contributed by atoms with van der Waals surface area (Å²) in [7, 11) is -0.172. The molecule has 2 N–H and O–H groups in total. The molecule has 98 valence electrons. The number of hydrogen-bond donors (Lipinski definition) is 2. The number of nitrogens with one attached hydrogen (secondary N) is 2. The molecule has 0 spiro atoms. The maximum atomic E-state index is 11.4. The van der Waals surface area contributed by atoms with Gasteiger partial charge in [-0.25, -0.2) is 4.72 Å². The number of halogens is 1. The van der Waals surface area contributed by atoms with E-state index in [1.54, 1.807) is 0 Å². The van der Waals surface area contributed by atoms with E-state index in [1.807, 2.05) is 0 Å². The molecule has 1 saturated heterocycles. The van der Waals surface area contributed by atoms with Crippen molar-refractivity contribution in [2.24, 2.45) is 5.92 Å². The molecule has 1 aliphatic heterocycles. The summed E-state index contributed by atoms with van der Waals surface area (Å²) in [5, 5.41) is 3.32. The summed E-state index contributed by atoms with van der Waals surface area (Å²) in [5.41, 5.74) is 0. The molecule has 1 rings (SSSR count). The van der Waals surface area contributed by atoms with E-state index in [9.17, 15) is 8.42 Å². The Kier molecular flexibility index (Phi) is 7.50. The van der Waals surface area contributed by atoms with Crippen LogP contribution < -0.4 is 10.0 Å². The molecule has 0 aliphatic carbocycles. The highest BCUT2D eigenvalue weighted by Gasteiger charge is 2.15. The van der Waals surface area contributed by atoms with E-state index in [0.29, 0.717) is 12.5 Å². The zero-order chi connectivity index (χ0) is 11.3. The van der Waals surface area contributed by atoms with Gasteiger partial charge in [0, 0.05) is 20.6 Å². The summed E-state index contributed by atoms with van der Waals surface area (Å²) in [6.45, 7) is 2.65. The molecule has 0 amide bonds. The van der Waals surface area contributed by atoms with Crippen LogP contribution in [0.3, 0.4) is 0 Å². The second-order valence-electron chi connectivity index (χ2n) is 4.18.